The van der Waals surface area contributed by atoms with Gasteiger partial charge in [-0.15, -0.1) is 0 Å². The van der Waals surface area contributed by atoms with E-state index in [1.54, 1.807) is 0 Å². The Morgan fingerprint density at radius 1 is 1.29 bits per heavy atom. The molecule has 0 aromatic heterocycles. The molecule has 3 fully saturated rings. The average Bonchev–Trinajstić information content (AvgIpc) is 2.19. The van der Waals surface area contributed by atoms with E-state index in [2.05, 4.69) is 6.58 Å². The predicted octanol–water partition coefficient (Wildman–Crippen LogP) is 2.84. The Bertz CT molecular complexity index is 249. The van der Waals surface area contributed by atoms with Crippen LogP contribution < -0.4 is 0 Å². The third kappa shape index (κ3) is 1.84. The number of hydrogen-bond donors (Lipinski definition) is 1. The predicted molar refractivity (Wildman–Crippen MR) is 54.9 cm³/mol. The summed E-state index contributed by atoms with van der Waals surface area (Å²) in [6, 6.07) is 0. The highest BCUT2D eigenvalue weighted by Gasteiger charge is 2.35. The molecular weight excluding hydrogens is 176 g/mol. The fraction of sp³-hybridized carbons (Fsp3) is 0.750. The Morgan fingerprint density at radius 3 is 2.36 bits per heavy atom. The number of carbonyl (C=O) groups is 1. The van der Waals surface area contributed by atoms with Crippen LogP contribution in [0.5, 0.6) is 0 Å². The second-order valence-corrected chi connectivity index (χ2v) is 4.89. The van der Waals surface area contributed by atoms with Crippen molar-refractivity contribution >= 4 is 5.97 Å². The third-order valence-electron chi connectivity index (χ3n) is 4.01. The molecule has 1 atom stereocenters. The van der Waals surface area contributed by atoms with E-state index < -0.39 is 5.97 Å². The Balaban J connectivity index is 1.93. The van der Waals surface area contributed by atoms with E-state index >= 15 is 0 Å². The maximum atomic E-state index is 10.7. The summed E-state index contributed by atoms with van der Waals surface area (Å²) in [4.78, 5) is 10.7. The molecule has 0 aliphatic heterocycles. The van der Waals surface area contributed by atoms with Crippen molar-refractivity contribution in [2.75, 3.05) is 0 Å². The molecule has 0 radical (unpaired) electrons. The Kier molecular flexibility index (Phi) is 2.62. The molecule has 14 heavy (non-hydrogen) atoms. The van der Waals surface area contributed by atoms with Gasteiger partial charge in [0.1, 0.15) is 0 Å². The minimum atomic E-state index is -0.813. The first-order valence-corrected chi connectivity index (χ1v) is 5.58. The Hall–Kier alpha value is -0.790. The first-order valence-electron chi connectivity index (χ1n) is 5.58. The number of aliphatic carboxylic acids is 1. The first kappa shape index (κ1) is 9.75. The van der Waals surface area contributed by atoms with Crippen LogP contribution in [0, 0.1) is 17.8 Å². The number of carboxylic acid groups (broad SMARTS) is 1. The van der Waals surface area contributed by atoms with Gasteiger partial charge in [-0.05, 0) is 43.4 Å². The van der Waals surface area contributed by atoms with Crippen LogP contribution >= 0.6 is 0 Å². The molecule has 78 valence electrons. The third-order valence-corrected chi connectivity index (χ3v) is 4.01. The van der Waals surface area contributed by atoms with E-state index in [1.807, 2.05) is 0 Å². The summed E-state index contributed by atoms with van der Waals surface area (Å²) >= 11 is 0. The van der Waals surface area contributed by atoms with Crippen molar-refractivity contribution in [1.29, 1.82) is 0 Å². The molecule has 0 aromatic carbocycles. The molecule has 0 spiro atoms. The molecule has 3 saturated carbocycles. The monoisotopic (exact) mass is 194 g/mol. The van der Waals surface area contributed by atoms with Gasteiger partial charge >= 0.3 is 5.97 Å². The highest BCUT2D eigenvalue weighted by Crippen LogP contribution is 2.46. The van der Waals surface area contributed by atoms with Gasteiger partial charge in [0.25, 0.3) is 0 Å². The summed E-state index contributed by atoms with van der Waals surface area (Å²) in [7, 11) is 0. The molecule has 3 aliphatic carbocycles. The average molecular weight is 194 g/mol. The Labute approximate surface area is 85.0 Å². The molecule has 1 unspecified atom stereocenters. The molecule has 0 saturated heterocycles. The summed E-state index contributed by atoms with van der Waals surface area (Å²) in [5.41, 5.74) is 0.405. The van der Waals surface area contributed by atoms with E-state index in [1.165, 1.54) is 32.1 Å². The van der Waals surface area contributed by atoms with Crippen LogP contribution in [-0.2, 0) is 4.79 Å². The molecule has 1 N–H and O–H groups in total. The van der Waals surface area contributed by atoms with Gasteiger partial charge in [0.2, 0.25) is 0 Å². The highest BCUT2D eigenvalue weighted by molar-refractivity contribution is 5.85. The van der Waals surface area contributed by atoms with E-state index in [4.69, 9.17) is 5.11 Å². The zero-order valence-electron chi connectivity index (χ0n) is 8.54. The molecule has 0 aromatic rings. The van der Waals surface area contributed by atoms with Gasteiger partial charge in [-0.3, -0.25) is 0 Å². The van der Waals surface area contributed by atoms with Gasteiger partial charge < -0.3 is 5.11 Å². The molecule has 3 aliphatic rings. The van der Waals surface area contributed by atoms with E-state index in [-0.39, 0.29) is 0 Å². The molecule has 2 heteroatoms. The van der Waals surface area contributed by atoms with Crippen LogP contribution in [-0.4, -0.2) is 11.1 Å². The van der Waals surface area contributed by atoms with Crippen molar-refractivity contribution in [2.24, 2.45) is 17.8 Å². The quantitative estimate of drug-likeness (QED) is 0.701. The summed E-state index contributed by atoms with van der Waals surface area (Å²) in [5.74, 6) is 1.47. The first-order chi connectivity index (χ1) is 6.66. The van der Waals surface area contributed by atoms with Crippen molar-refractivity contribution in [1.82, 2.24) is 0 Å². The van der Waals surface area contributed by atoms with E-state index in [9.17, 15) is 4.79 Å². The van der Waals surface area contributed by atoms with Crippen molar-refractivity contribution < 1.29 is 9.90 Å². The van der Waals surface area contributed by atoms with Crippen molar-refractivity contribution in [3.05, 3.63) is 12.2 Å². The largest absolute Gasteiger partial charge is 0.478 e. The number of rotatable bonds is 3. The van der Waals surface area contributed by atoms with Gasteiger partial charge in [0.05, 0.1) is 0 Å². The lowest BCUT2D eigenvalue weighted by molar-refractivity contribution is -0.133. The van der Waals surface area contributed by atoms with Crippen LogP contribution in [0.2, 0.25) is 0 Å². The van der Waals surface area contributed by atoms with Crippen molar-refractivity contribution in [3.63, 3.8) is 0 Å². The van der Waals surface area contributed by atoms with Crippen molar-refractivity contribution in [2.45, 2.75) is 38.5 Å². The van der Waals surface area contributed by atoms with E-state index in [0.29, 0.717) is 11.5 Å². The smallest absolute Gasteiger partial charge is 0.330 e. The fourth-order valence-corrected chi connectivity index (χ4v) is 3.17. The molecular formula is C12H18O2. The SMILES string of the molecule is C=C(CC1CC2CCC1CC2)C(=O)O. The minimum absolute atomic E-state index is 0.405. The van der Waals surface area contributed by atoms with E-state index in [0.717, 1.165) is 18.3 Å². The maximum absolute atomic E-state index is 10.7. The minimum Gasteiger partial charge on any atom is -0.478 e. The van der Waals surface area contributed by atoms with Gasteiger partial charge in [0, 0.05) is 5.57 Å². The molecule has 2 bridgehead atoms. The number of carboxylic acids is 1. The van der Waals surface area contributed by atoms with Crippen molar-refractivity contribution in [3.8, 4) is 0 Å². The van der Waals surface area contributed by atoms with Gasteiger partial charge in [-0.1, -0.05) is 19.4 Å². The number of hydrogen-bond acceptors (Lipinski definition) is 1. The normalized spacial score (nSPS) is 35.6. The summed E-state index contributed by atoms with van der Waals surface area (Å²) in [6.07, 6.45) is 7.36. The Morgan fingerprint density at radius 2 is 1.93 bits per heavy atom. The lowest BCUT2D eigenvalue weighted by atomic mass is 9.63. The second kappa shape index (κ2) is 3.76. The molecule has 2 nitrogen and oxygen atoms in total. The molecule has 3 rings (SSSR count). The standard InChI is InChI=1S/C12H18O2/c1-8(12(13)14)6-11-7-9-2-4-10(11)5-3-9/h9-11H,1-7H2,(H,13,14). The van der Waals surface area contributed by atoms with Gasteiger partial charge in [0.15, 0.2) is 0 Å². The zero-order valence-corrected chi connectivity index (χ0v) is 8.54. The van der Waals surface area contributed by atoms with Crippen LogP contribution in [0.3, 0.4) is 0 Å². The maximum Gasteiger partial charge on any atom is 0.330 e. The fourth-order valence-electron chi connectivity index (χ4n) is 3.17. The second-order valence-electron chi connectivity index (χ2n) is 4.89. The topological polar surface area (TPSA) is 37.3 Å². The summed E-state index contributed by atoms with van der Waals surface area (Å²) in [6.45, 7) is 3.63. The van der Waals surface area contributed by atoms with Gasteiger partial charge in [-0.25, -0.2) is 4.79 Å². The lowest BCUT2D eigenvalue weighted by Gasteiger charge is -2.42. The zero-order chi connectivity index (χ0) is 10.1. The van der Waals surface area contributed by atoms with Crippen LogP contribution in [0.1, 0.15) is 38.5 Å². The summed E-state index contributed by atoms with van der Waals surface area (Å²) in [5, 5.41) is 8.78. The number of fused-ring (bicyclic) bond motifs is 3. The molecule has 0 amide bonds. The lowest BCUT2D eigenvalue weighted by Crippen LogP contribution is -2.31. The van der Waals surface area contributed by atoms with Crippen LogP contribution in [0.4, 0.5) is 0 Å². The van der Waals surface area contributed by atoms with Crippen LogP contribution in [0.15, 0.2) is 12.2 Å². The van der Waals surface area contributed by atoms with Crippen LogP contribution in [0.25, 0.3) is 0 Å². The summed E-state index contributed by atoms with van der Waals surface area (Å²) < 4.78 is 0. The highest BCUT2D eigenvalue weighted by atomic mass is 16.4. The van der Waals surface area contributed by atoms with Gasteiger partial charge in [-0.2, -0.15) is 0 Å². The molecule has 0 heterocycles.